The van der Waals surface area contributed by atoms with E-state index in [9.17, 15) is 0 Å². The summed E-state index contributed by atoms with van der Waals surface area (Å²) < 4.78 is 0. The van der Waals surface area contributed by atoms with E-state index in [0.29, 0.717) is 0 Å². The van der Waals surface area contributed by atoms with Crippen LogP contribution in [0.4, 0.5) is 0 Å². The first-order valence-electron chi connectivity index (χ1n) is 7.31. The molecule has 3 nitrogen and oxygen atoms in total. The monoisotopic (exact) mass is 241 g/mol. The largest absolute Gasteiger partial charge is 0.317 e. The summed E-state index contributed by atoms with van der Waals surface area (Å²) in [6, 6.07) is 1.64. The third-order valence-corrected chi connectivity index (χ3v) is 3.87. The summed E-state index contributed by atoms with van der Waals surface area (Å²) in [4.78, 5) is 5.12. The summed E-state index contributed by atoms with van der Waals surface area (Å²) in [6.45, 7) is 9.30. The first-order chi connectivity index (χ1) is 8.21. The van der Waals surface area contributed by atoms with Crippen LogP contribution in [0.2, 0.25) is 0 Å². The van der Waals surface area contributed by atoms with E-state index in [1.807, 2.05) is 0 Å². The highest BCUT2D eigenvalue weighted by Gasteiger charge is 2.29. The maximum Gasteiger partial charge on any atom is 0.0113 e. The van der Waals surface area contributed by atoms with E-state index < -0.39 is 0 Å². The van der Waals surface area contributed by atoms with Gasteiger partial charge >= 0.3 is 0 Å². The fraction of sp³-hybridized carbons (Fsp3) is 1.00. The Morgan fingerprint density at radius 2 is 1.65 bits per heavy atom. The van der Waals surface area contributed by atoms with Crippen molar-refractivity contribution in [1.29, 1.82) is 0 Å². The number of hydrogen-bond acceptors (Lipinski definition) is 3. The summed E-state index contributed by atoms with van der Waals surface area (Å²) in [7, 11) is 4.32. The Balaban J connectivity index is 0.000000437. The Hall–Kier alpha value is -0.120. The molecule has 0 aromatic rings. The zero-order valence-corrected chi connectivity index (χ0v) is 12.2. The van der Waals surface area contributed by atoms with Gasteiger partial charge in [-0.2, -0.15) is 0 Å². The fourth-order valence-corrected chi connectivity index (χ4v) is 2.74. The van der Waals surface area contributed by atoms with Crippen LogP contribution in [-0.4, -0.2) is 62.2 Å². The Morgan fingerprint density at radius 1 is 1.06 bits per heavy atom. The van der Waals surface area contributed by atoms with Gasteiger partial charge in [-0.05, 0) is 33.4 Å². The van der Waals surface area contributed by atoms with Crippen LogP contribution in [0.25, 0.3) is 0 Å². The molecule has 0 amide bonds. The Bertz CT molecular complexity index is 188. The van der Waals surface area contributed by atoms with Gasteiger partial charge in [-0.3, -0.25) is 4.90 Å². The molecule has 1 aliphatic carbocycles. The second-order valence-corrected chi connectivity index (χ2v) is 5.50. The summed E-state index contributed by atoms with van der Waals surface area (Å²) in [6.07, 6.45) is 5.38. The average Bonchev–Trinajstić information content (AvgIpc) is 2.80. The minimum Gasteiger partial charge on any atom is -0.317 e. The number of likely N-dealkylation sites (N-methyl/N-ethyl adjacent to an activating group) is 1. The summed E-state index contributed by atoms with van der Waals surface area (Å²) >= 11 is 0. The van der Waals surface area contributed by atoms with Crippen LogP contribution in [0.5, 0.6) is 0 Å². The molecule has 102 valence electrons. The number of hydrogen-bond donors (Lipinski definition) is 1. The van der Waals surface area contributed by atoms with Crippen molar-refractivity contribution in [3.63, 3.8) is 0 Å². The van der Waals surface area contributed by atoms with Gasteiger partial charge in [-0.15, -0.1) is 0 Å². The highest BCUT2D eigenvalue weighted by atomic mass is 15.3. The molecule has 1 N–H and O–H groups in total. The molecule has 0 aromatic carbocycles. The van der Waals surface area contributed by atoms with Gasteiger partial charge in [-0.25, -0.2) is 0 Å². The lowest BCUT2D eigenvalue weighted by Crippen LogP contribution is -2.48. The lowest BCUT2D eigenvalue weighted by Gasteiger charge is -2.36. The van der Waals surface area contributed by atoms with Gasteiger partial charge in [-0.1, -0.05) is 20.3 Å². The molecule has 2 rings (SSSR count). The SMILES string of the molecule is CCC.CN[C@@H]1CC[C@@H](N2CCN(C)CC2)C1. The summed E-state index contributed by atoms with van der Waals surface area (Å²) in [5.74, 6) is 0. The molecule has 1 aliphatic heterocycles. The Morgan fingerprint density at radius 3 is 2.12 bits per heavy atom. The van der Waals surface area contributed by atoms with Gasteiger partial charge in [0.05, 0.1) is 0 Å². The van der Waals surface area contributed by atoms with E-state index in [1.54, 1.807) is 0 Å². The number of piperazine rings is 1. The molecule has 0 aromatic heterocycles. The van der Waals surface area contributed by atoms with Crippen LogP contribution >= 0.6 is 0 Å². The molecule has 1 saturated carbocycles. The topological polar surface area (TPSA) is 18.5 Å². The van der Waals surface area contributed by atoms with Crippen molar-refractivity contribution in [2.75, 3.05) is 40.3 Å². The number of rotatable bonds is 2. The molecule has 0 unspecified atom stereocenters. The van der Waals surface area contributed by atoms with Crippen molar-refractivity contribution in [1.82, 2.24) is 15.1 Å². The number of nitrogens with one attached hydrogen (secondary N) is 1. The average molecular weight is 241 g/mol. The molecule has 1 saturated heterocycles. The van der Waals surface area contributed by atoms with Crippen molar-refractivity contribution >= 4 is 0 Å². The third-order valence-electron chi connectivity index (χ3n) is 3.87. The molecule has 2 atom stereocenters. The molecule has 0 radical (unpaired) electrons. The van der Waals surface area contributed by atoms with Crippen molar-refractivity contribution in [3.8, 4) is 0 Å². The van der Waals surface area contributed by atoms with E-state index in [4.69, 9.17) is 0 Å². The van der Waals surface area contributed by atoms with Crippen LogP contribution in [0.3, 0.4) is 0 Å². The Kier molecular flexibility index (Phi) is 7.09. The molecular formula is C14H31N3. The smallest absolute Gasteiger partial charge is 0.0113 e. The van der Waals surface area contributed by atoms with E-state index in [0.717, 1.165) is 12.1 Å². The second kappa shape index (κ2) is 8.06. The van der Waals surface area contributed by atoms with E-state index >= 15 is 0 Å². The van der Waals surface area contributed by atoms with Gasteiger partial charge in [0.15, 0.2) is 0 Å². The molecule has 1 heterocycles. The van der Waals surface area contributed by atoms with E-state index in [2.05, 4.69) is 43.1 Å². The molecule has 3 heteroatoms. The highest BCUT2D eigenvalue weighted by molar-refractivity contribution is 4.87. The predicted molar refractivity (Wildman–Crippen MR) is 75.5 cm³/mol. The fourth-order valence-electron chi connectivity index (χ4n) is 2.74. The molecule has 0 bridgehead atoms. The standard InChI is InChI=1S/C11H23N3.C3H8/c1-12-10-3-4-11(9-10)14-7-5-13(2)6-8-14;1-3-2/h10-12H,3-9H2,1-2H3;3H2,1-2H3/t10-,11-;/m1./s1. The molecule has 17 heavy (non-hydrogen) atoms. The van der Waals surface area contributed by atoms with E-state index in [1.165, 1.54) is 51.9 Å². The van der Waals surface area contributed by atoms with Crippen molar-refractivity contribution in [3.05, 3.63) is 0 Å². The normalized spacial score (nSPS) is 31.1. The maximum absolute atomic E-state index is 3.40. The Labute approximate surface area is 108 Å². The molecule has 2 fully saturated rings. The maximum atomic E-state index is 3.40. The van der Waals surface area contributed by atoms with Crippen LogP contribution < -0.4 is 5.32 Å². The molecule has 0 spiro atoms. The van der Waals surface area contributed by atoms with Gasteiger partial charge in [0.2, 0.25) is 0 Å². The van der Waals surface area contributed by atoms with E-state index in [-0.39, 0.29) is 0 Å². The third kappa shape index (κ3) is 4.94. The van der Waals surface area contributed by atoms with Gasteiger partial charge in [0.1, 0.15) is 0 Å². The van der Waals surface area contributed by atoms with Crippen molar-refractivity contribution < 1.29 is 0 Å². The van der Waals surface area contributed by atoms with Gasteiger partial charge in [0.25, 0.3) is 0 Å². The summed E-state index contributed by atoms with van der Waals surface area (Å²) in [5.41, 5.74) is 0. The van der Waals surface area contributed by atoms with Crippen LogP contribution in [0, 0.1) is 0 Å². The van der Waals surface area contributed by atoms with Gasteiger partial charge < -0.3 is 10.2 Å². The predicted octanol–water partition coefficient (Wildman–Crippen LogP) is 1.79. The first kappa shape index (κ1) is 14.9. The van der Waals surface area contributed by atoms with Crippen molar-refractivity contribution in [2.24, 2.45) is 0 Å². The molecule has 2 aliphatic rings. The van der Waals surface area contributed by atoms with Gasteiger partial charge in [0, 0.05) is 38.3 Å². The lowest BCUT2D eigenvalue weighted by atomic mass is 10.2. The van der Waals surface area contributed by atoms with Crippen molar-refractivity contribution in [2.45, 2.75) is 51.6 Å². The molecular weight excluding hydrogens is 210 g/mol. The highest BCUT2D eigenvalue weighted by Crippen LogP contribution is 2.24. The number of nitrogens with zero attached hydrogens (tertiary/aromatic N) is 2. The lowest BCUT2D eigenvalue weighted by molar-refractivity contribution is 0.112. The van der Waals surface area contributed by atoms with Crippen LogP contribution in [0.1, 0.15) is 39.5 Å². The quantitative estimate of drug-likeness (QED) is 0.795. The minimum absolute atomic E-state index is 0.777. The minimum atomic E-state index is 0.777. The first-order valence-corrected chi connectivity index (χ1v) is 7.31. The van der Waals surface area contributed by atoms with Crippen LogP contribution in [0.15, 0.2) is 0 Å². The zero-order chi connectivity index (χ0) is 12.7. The zero-order valence-electron chi connectivity index (χ0n) is 12.2. The van der Waals surface area contributed by atoms with Crippen LogP contribution in [-0.2, 0) is 0 Å². The summed E-state index contributed by atoms with van der Waals surface area (Å²) in [5, 5.41) is 3.40. The second-order valence-electron chi connectivity index (χ2n) is 5.50.